The Balaban J connectivity index is 4.48. The first-order valence-corrected chi connectivity index (χ1v) is 29.4. The quantitative estimate of drug-likeness (QED) is 0.0261. The lowest BCUT2D eigenvalue weighted by atomic mass is 10.0. The van der Waals surface area contributed by atoms with Gasteiger partial charge in [-0.3, -0.25) is 14.4 Å². The van der Waals surface area contributed by atoms with Gasteiger partial charge in [-0.15, -0.1) is 0 Å². The summed E-state index contributed by atoms with van der Waals surface area (Å²) in [5, 5.41) is 0. The number of unbranched alkanes of at least 4 members (excludes halogenated alkanes) is 23. The molecule has 0 unspecified atom stereocenters. The second kappa shape index (κ2) is 58.6. The fourth-order valence-electron chi connectivity index (χ4n) is 7.93. The van der Waals surface area contributed by atoms with Crippen molar-refractivity contribution in [1.29, 1.82) is 0 Å². The predicted octanol–water partition coefficient (Wildman–Crippen LogP) is 19.9. The molecule has 0 bridgehead atoms. The van der Waals surface area contributed by atoms with Gasteiger partial charge in [0.1, 0.15) is 13.2 Å². The summed E-state index contributed by atoms with van der Waals surface area (Å²) in [4.78, 5) is 38.2. The third-order valence-corrected chi connectivity index (χ3v) is 12.3. The van der Waals surface area contributed by atoms with Crippen molar-refractivity contribution in [1.82, 2.24) is 0 Å². The molecule has 0 amide bonds. The maximum absolute atomic E-state index is 12.9. The molecular formula is C65H108O6. The molecule has 0 aromatic heterocycles. The maximum atomic E-state index is 12.9. The van der Waals surface area contributed by atoms with Crippen molar-refractivity contribution in [2.45, 2.75) is 271 Å². The first kappa shape index (κ1) is 67.1. The number of esters is 3. The van der Waals surface area contributed by atoms with Crippen LogP contribution in [0.1, 0.15) is 265 Å². The molecule has 404 valence electrons. The molecule has 0 saturated heterocycles. The van der Waals surface area contributed by atoms with Crippen LogP contribution in [0.25, 0.3) is 0 Å². The third kappa shape index (κ3) is 56.9. The van der Waals surface area contributed by atoms with Gasteiger partial charge in [0.15, 0.2) is 6.10 Å². The van der Waals surface area contributed by atoms with Gasteiger partial charge in [-0.1, -0.05) is 252 Å². The monoisotopic (exact) mass is 985 g/mol. The molecule has 0 saturated carbocycles. The number of carbonyl (C=O) groups excluding carboxylic acids is 3. The number of carbonyl (C=O) groups is 3. The van der Waals surface area contributed by atoms with Gasteiger partial charge in [0.25, 0.3) is 0 Å². The molecule has 1 atom stereocenters. The molecule has 0 aliphatic rings. The fraction of sp³-hybridized carbons (Fsp3) is 0.677. The van der Waals surface area contributed by atoms with E-state index in [1.165, 1.54) is 103 Å². The van der Waals surface area contributed by atoms with Gasteiger partial charge in [-0.2, -0.15) is 0 Å². The molecule has 0 heterocycles. The smallest absolute Gasteiger partial charge is 0.306 e. The highest BCUT2D eigenvalue weighted by Crippen LogP contribution is 2.16. The standard InChI is InChI=1S/C65H108O6/c1-4-7-10-13-16-19-22-25-28-30-32-34-37-40-43-46-49-52-55-58-64(67)70-61-62(60-69-63(66)57-54-51-48-45-42-39-36-27-24-21-18-15-12-9-6-3)71-65(68)59-56-53-50-47-44-41-38-35-33-31-29-26-23-20-17-14-11-8-5-2/h7,9-10,12,16,18-19,21,25,27-28,32,34,36,40,42-43,45,62H,4-6,8,11,13-15,17,20,22-24,26,29-31,33,35,37-39,41,44,46-61H2,1-3H3/b10-7-,12-9-,19-16-,21-18-,28-25-,34-32-,36-27-,43-40-,45-42-/t62-/m1/s1. The van der Waals surface area contributed by atoms with Crippen LogP contribution in [0.15, 0.2) is 109 Å². The maximum Gasteiger partial charge on any atom is 0.306 e. The number of hydrogen-bond donors (Lipinski definition) is 0. The van der Waals surface area contributed by atoms with Gasteiger partial charge in [0, 0.05) is 19.3 Å². The van der Waals surface area contributed by atoms with E-state index in [9.17, 15) is 14.4 Å². The zero-order valence-corrected chi connectivity index (χ0v) is 46.2. The van der Waals surface area contributed by atoms with E-state index in [1.54, 1.807) is 0 Å². The summed E-state index contributed by atoms with van der Waals surface area (Å²) in [6.45, 7) is 6.36. The summed E-state index contributed by atoms with van der Waals surface area (Å²) >= 11 is 0. The molecule has 0 aromatic rings. The van der Waals surface area contributed by atoms with E-state index in [0.29, 0.717) is 19.3 Å². The van der Waals surface area contributed by atoms with Gasteiger partial charge in [-0.25, -0.2) is 0 Å². The average Bonchev–Trinajstić information content (AvgIpc) is 3.37. The molecule has 0 aliphatic heterocycles. The van der Waals surface area contributed by atoms with E-state index in [4.69, 9.17) is 14.2 Å². The Hall–Kier alpha value is -3.93. The van der Waals surface area contributed by atoms with Crippen LogP contribution >= 0.6 is 0 Å². The van der Waals surface area contributed by atoms with E-state index in [0.717, 1.165) is 122 Å². The van der Waals surface area contributed by atoms with Crippen LogP contribution in [-0.2, 0) is 28.6 Å². The molecule has 0 aromatic carbocycles. The number of ether oxygens (including phenoxy) is 3. The fourth-order valence-corrected chi connectivity index (χ4v) is 7.93. The van der Waals surface area contributed by atoms with Crippen LogP contribution in [-0.4, -0.2) is 37.2 Å². The Morgan fingerprint density at radius 1 is 0.296 bits per heavy atom. The van der Waals surface area contributed by atoms with Gasteiger partial charge in [-0.05, 0) is 103 Å². The van der Waals surface area contributed by atoms with Crippen molar-refractivity contribution >= 4 is 17.9 Å². The molecular weight excluding hydrogens is 877 g/mol. The second-order valence-electron chi connectivity index (χ2n) is 19.1. The number of hydrogen-bond acceptors (Lipinski definition) is 6. The molecule has 0 aliphatic carbocycles. The molecule has 6 nitrogen and oxygen atoms in total. The van der Waals surface area contributed by atoms with Gasteiger partial charge in [0.05, 0.1) is 0 Å². The van der Waals surface area contributed by atoms with Crippen molar-refractivity contribution in [3.8, 4) is 0 Å². The topological polar surface area (TPSA) is 78.9 Å². The first-order valence-electron chi connectivity index (χ1n) is 29.4. The normalized spacial score (nSPS) is 12.9. The molecule has 0 N–H and O–H groups in total. The van der Waals surface area contributed by atoms with Crippen LogP contribution in [0, 0.1) is 0 Å². The van der Waals surface area contributed by atoms with E-state index < -0.39 is 6.10 Å². The van der Waals surface area contributed by atoms with E-state index in [1.807, 2.05) is 0 Å². The summed E-state index contributed by atoms with van der Waals surface area (Å²) in [6.07, 6.45) is 79.4. The van der Waals surface area contributed by atoms with Gasteiger partial charge < -0.3 is 14.2 Å². The van der Waals surface area contributed by atoms with Crippen molar-refractivity contribution in [2.75, 3.05) is 13.2 Å². The number of rotatable bonds is 52. The second-order valence-corrected chi connectivity index (χ2v) is 19.1. The summed E-state index contributed by atoms with van der Waals surface area (Å²) in [5.41, 5.74) is 0. The van der Waals surface area contributed by atoms with E-state index >= 15 is 0 Å². The lowest BCUT2D eigenvalue weighted by Crippen LogP contribution is -2.30. The Bertz CT molecular complexity index is 1460. The molecule has 6 heteroatoms. The highest BCUT2D eigenvalue weighted by molar-refractivity contribution is 5.71. The molecule has 71 heavy (non-hydrogen) atoms. The minimum Gasteiger partial charge on any atom is -0.462 e. The van der Waals surface area contributed by atoms with Crippen molar-refractivity contribution in [2.24, 2.45) is 0 Å². The largest absolute Gasteiger partial charge is 0.462 e. The SMILES string of the molecule is CC/C=C\C/C=C\C/C=C\C/C=C\C/C=C\CCCCCC(=O)OC[C@@H](COC(=O)CCCC/C=C\C/C=C\C/C=C\C/C=C\CC)OC(=O)CCCCCCCCCCCCCCCCCCCCC. The minimum absolute atomic E-state index is 0.108. The lowest BCUT2D eigenvalue weighted by Gasteiger charge is -2.18. The summed E-state index contributed by atoms with van der Waals surface area (Å²) in [5.74, 6) is -0.974. The van der Waals surface area contributed by atoms with Crippen LogP contribution in [0.3, 0.4) is 0 Å². The summed E-state index contributed by atoms with van der Waals surface area (Å²) in [7, 11) is 0. The Labute approximate surface area is 438 Å². The highest BCUT2D eigenvalue weighted by atomic mass is 16.6. The van der Waals surface area contributed by atoms with Crippen LogP contribution in [0.2, 0.25) is 0 Å². The van der Waals surface area contributed by atoms with Crippen LogP contribution in [0.4, 0.5) is 0 Å². The Morgan fingerprint density at radius 3 is 0.887 bits per heavy atom. The van der Waals surface area contributed by atoms with Crippen molar-refractivity contribution in [3.05, 3.63) is 109 Å². The molecule has 0 fully saturated rings. The van der Waals surface area contributed by atoms with E-state index in [2.05, 4.69) is 130 Å². The highest BCUT2D eigenvalue weighted by Gasteiger charge is 2.19. The number of allylic oxidation sites excluding steroid dienone is 18. The summed E-state index contributed by atoms with van der Waals surface area (Å²) in [6, 6.07) is 0. The van der Waals surface area contributed by atoms with Crippen LogP contribution in [0.5, 0.6) is 0 Å². The zero-order valence-electron chi connectivity index (χ0n) is 46.2. The lowest BCUT2D eigenvalue weighted by molar-refractivity contribution is -0.167. The third-order valence-electron chi connectivity index (χ3n) is 12.3. The molecule has 0 radical (unpaired) electrons. The van der Waals surface area contributed by atoms with E-state index in [-0.39, 0.29) is 31.1 Å². The van der Waals surface area contributed by atoms with Gasteiger partial charge >= 0.3 is 17.9 Å². The van der Waals surface area contributed by atoms with Crippen molar-refractivity contribution < 1.29 is 28.6 Å². The Kier molecular flexibility index (Phi) is 55.4. The predicted molar refractivity (Wildman–Crippen MR) is 307 cm³/mol. The average molecular weight is 986 g/mol. The Morgan fingerprint density at radius 2 is 0.549 bits per heavy atom. The summed E-state index contributed by atoms with van der Waals surface area (Å²) < 4.78 is 16.8. The van der Waals surface area contributed by atoms with Crippen LogP contribution < -0.4 is 0 Å². The van der Waals surface area contributed by atoms with Gasteiger partial charge in [0.2, 0.25) is 0 Å². The molecule has 0 rings (SSSR count). The zero-order chi connectivity index (χ0) is 51.4. The molecule has 0 spiro atoms. The van der Waals surface area contributed by atoms with Crippen molar-refractivity contribution in [3.63, 3.8) is 0 Å². The first-order chi connectivity index (χ1) is 35.0. The minimum atomic E-state index is -0.810.